The van der Waals surface area contributed by atoms with E-state index in [1.807, 2.05) is 26.0 Å². The predicted octanol–water partition coefficient (Wildman–Crippen LogP) is 3.16. The first-order valence-electron chi connectivity index (χ1n) is 10.6. The number of fused-ring (bicyclic) bond motifs is 1. The molecule has 0 saturated heterocycles. The number of ether oxygens (including phenoxy) is 3. The molecule has 0 fully saturated rings. The van der Waals surface area contributed by atoms with Crippen molar-refractivity contribution in [1.82, 2.24) is 15.5 Å². The minimum atomic E-state index is -0.355. The zero-order chi connectivity index (χ0) is 23.3. The molecule has 32 heavy (non-hydrogen) atoms. The maximum Gasteiger partial charge on any atom is 0.318 e. The Bertz CT molecular complexity index is 976. The molecule has 2 aromatic carbocycles. The summed E-state index contributed by atoms with van der Waals surface area (Å²) in [5.41, 5.74) is 2.49. The van der Waals surface area contributed by atoms with E-state index in [2.05, 4.69) is 10.6 Å². The largest absolute Gasteiger partial charge is 0.497 e. The highest BCUT2D eigenvalue weighted by Crippen LogP contribution is 2.38. The number of nitrogens with zero attached hydrogens (tertiary/aromatic N) is 1. The highest BCUT2D eigenvalue weighted by Gasteiger charge is 2.32. The SMILES string of the molecule is COc1cccc(C(=O)NCC2c3cc(OC)c(OC)cc3CCN2C(=O)NC(C)C)c1. The van der Waals surface area contributed by atoms with Crippen LogP contribution in [-0.2, 0) is 6.42 Å². The number of nitrogens with one attached hydrogen (secondary N) is 2. The van der Waals surface area contributed by atoms with Crippen LogP contribution >= 0.6 is 0 Å². The Kier molecular flexibility index (Phi) is 7.45. The molecule has 1 atom stereocenters. The summed E-state index contributed by atoms with van der Waals surface area (Å²) in [4.78, 5) is 27.5. The normalized spacial score (nSPS) is 15.1. The summed E-state index contributed by atoms with van der Waals surface area (Å²) < 4.78 is 16.1. The van der Waals surface area contributed by atoms with Gasteiger partial charge in [-0.3, -0.25) is 4.79 Å². The van der Waals surface area contributed by atoms with Crippen LogP contribution in [0.1, 0.15) is 41.4 Å². The van der Waals surface area contributed by atoms with Crippen molar-refractivity contribution < 1.29 is 23.8 Å². The average Bonchev–Trinajstić information content (AvgIpc) is 2.80. The third-order valence-electron chi connectivity index (χ3n) is 5.46. The van der Waals surface area contributed by atoms with Crippen LogP contribution in [0.5, 0.6) is 17.2 Å². The number of hydrogen-bond acceptors (Lipinski definition) is 5. The first kappa shape index (κ1) is 23.2. The number of carbonyl (C=O) groups is 2. The van der Waals surface area contributed by atoms with Crippen LogP contribution in [0, 0.1) is 0 Å². The Hall–Kier alpha value is -3.42. The minimum absolute atomic E-state index is 0.00123. The van der Waals surface area contributed by atoms with Crippen molar-refractivity contribution in [3.8, 4) is 17.2 Å². The van der Waals surface area contributed by atoms with Gasteiger partial charge in [0.25, 0.3) is 5.91 Å². The van der Waals surface area contributed by atoms with Crippen molar-refractivity contribution >= 4 is 11.9 Å². The van der Waals surface area contributed by atoms with Gasteiger partial charge in [0, 0.05) is 24.7 Å². The van der Waals surface area contributed by atoms with E-state index in [4.69, 9.17) is 14.2 Å². The van der Waals surface area contributed by atoms with E-state index in [1.165, 1.54) is 0 Å². The Morgan fingerprint density at radius 1 is 1.06 bits per heavy atom. The van der Waals surface area contributed by atoms with E-state index in [0.29, 0.717) is 35.8 Å². The van der Waals surface area contributed by atoms with Crippen molar-refractivity contribution in [3.05, 3.63) is 53.1 Å². The predicted molar refractivity (Wildman–Crippen MR) is 122 cm³/mol. The fourth-order valence-electron chi connectivity index (χ4n) is 3.88. The average molecular weight is 442 g/mol. The number of rotatable bonds is 7. The van der Waals surface area contributed by atoms with Crippen molar-refractivity contribution in [2.45, 2.75) is 32.4 Å². The lowest BCUT2D eigenvalue weighted by Gasteiger charge is -2.38. The van der Waals surface area contributed by atoms with Gasteiger partial charge in [-0.2, -0.15) is 0 Å². The van der Waals surface area contributed by atoms with Gasteiger partial charge in [-0.05, 0) is 61.7 Å². The molecule has 2 aromatic rings. The third-order valence-corrected chi connectivity index (χ3v) is 5.46. The van der Waals surface area contributed by atoms with E-state index in [-0.39, 0.29) is 30.6 Å². The number of urea groups is 1. The van der Waals surface area contributed by atoms with Gasteiger partial charge in [0.2, 0.25) is 0 Å². The molecule has 3 rings (SSSR count). The van der Waals surface area contributed by atoms with E-state index in [1.54, 1.807) is 50.5 Å². The Morgan fingerprint density at radius 2 is 1.78 bits per heavy atom. The number of methoxy groups -OCH3 is 3. The first-order chi connectivity index (χ1) is 15.4. The number of hydrogen-bond donors (Lipinski definition) is 2. The van der Waals surface area contributed by atoms with E-state index < -0.39 is 0 Å². The monoisotopic (exact) mass is 441 g/mol. The Labute approximate surface area is 188 Å². The fourth-order valence-corrected chi connectivity index (χ4v) is 3.88. The van der Waals surface area contributed by atoms with Crippen molar-refractivity contribution in [2.24, 2.45) is 0 Å². The highest BCUT2D eigenvalue weighted by atomic mass is 16.5. The zero-order valence-electron chi connectivity index (χ0n) is 19.2. The third kappa shape index (κ3) is 5.07. The van der Waals surface area contributed by atoms with Crippen molar-refractivity contribution in [1.29, 1.82) is 0 Å². The van der Waals surface area contributed by atoms with Gasteiger partial charge >= 0.3 is 6.03 Å². The van der Waals surface area contributed by atoms with Gasteiger partial charge in [0.05, 0.1) is 27.4 Å². The summed E-state index contributed by atoms with van der Waals surface area (Å²) >= 11 is 0. The van der Waals surface area contributed by atoms with Crippen LogP contribution in [0.3, 0.4) is 0 Å². The maximum atomic E-state index is 12.9. The van der Waals surface area contributed by atoms with Crippen LogP contribution in [0.4, 0.5) is 4.79 Å². The first-order valence-corrected chi connectivity index (χ1v) is 10.6. The molecule has 0 aliphatic carbocycles. The van der Waals surface area contributed by atoms with Gasteiger partial charge in [-0.1, -0.05) is 6.07 Å². The summed E-state index contributed by atoms with van der Waals surface area (Å²) in [6.07, 6.45) is 0.682. The topological polar surface area (TPSA) is 89.1 Å². The molecule has 1 aliphatic rings. The van der Waals surface area contributed by atoms with E-state index >= 15 is 0 Å². The molecular formula is C24H31N3O5. The van der Waals surface area contributed by atoms with Gasteiger partial charge in [-0.25, -0.2) is 4.79 Å². The standard InChI is InChI=1S/C24H31N3O5/c1-15(2)26-24(29)27-10-9-16-12-21(31-4)22(32-5)13-19(16)20(27)14-25-23(28)17-7-6-8-18(11-17)30-3/h6-8,11-13,15,20H,9-10,14H2,1-5H3,(H,25,28)(H,26,29). The lowest BCUT2D eigenvalue weighted by atomic mass is 9.91. The fraction of sp³-hybridized carbons (Fsp3) is 0.417. The summed E-state index contributed by atoms with van der Waals surface area (Å²) in [6, 6.07) is 10.3. The molecule has 0 bridgehead atoms. The minimum Gasteiger partial charge on any atom is -0.497 e. The number of carbonyl (C=O) groups excluding carboxylic acids is 2. The molecule has 0 saturated carbocycles. The Balaban J connectivity index is 1.90. The lowest BCUT2D eigenvalue weighted by Crippen LogP contribution is -2.50. The van der Waals surface area contributed by atoms with Gasteiger partial charge in [0.15, 0.2) is 11.5 Å². The second-order valence-electron chi connectivity index (χ2n) is 7.91. The van der Waals surface area contributed by atoms with E-state index in [9.17, 15) is 9.59 Å². The molecule has 172 valence electrons. The van der Waals surface area contributed by atoms with Gasteiger partial charge in [0.1, 0.15) is 5.75 Å². The van der Waals surface area contributed by atoms with Crippen molar-refractivity contribution in [2.75, 3.05) is 34.4 Å². The molecule has 2 N–H and O–H groups in total. The Morgan fingerprint density at radius 3 is 2.44 bits per heavy atom. The molecule has 0 spiro atoms. The molecular weight excluding hydrogens is 410 g/mol. The van der Waals surface area contributed by atoms with Crippen LogP contribution in [-0.4, -0.2) is 57.3 Å². The molecule has 8 heteroatoms. The highest BCUT2D eigenvalue weighted by molar-refractivity contribution is 5.94. The van der Waals surface area contributed by atoms with Crippen molar-refractivity contribution in [3.63, 3.8) is 0 Å². The molecule has 0 aromatic heterocycles. The van der Waals surface area contributed by atoms with Crippen LogP contribution in [0.15, 0.2) is 36.4 Å². The molecule has 1 heterocycles. The molecule has 1 unspecified atom stereocenters. The number of amides is 3. The lowest BCUT2D eigenvalue weighted by molar-refractivity contribution is 0.0933. The summed E-state index contributed by atoms with van der Waals surface area (Å²) in [5, 5.41) is 5.94. The summed E-state index contributed by atoms with van der Waals surface area (Å²) in [6.45, 7) is 4.62. The van der Waals surface area contributed by atoms with Crippen LogP contribution in [0.25, 0.3) is 0 Å². The molecule has 8 nitrogen and oxygen atoms in total. The van der Waals surface area contributed by atoms with E-state index in [0.717, 1.165) is 11.1 Å². The second kappa shape index (κ2) is 10.3. The summed E-state index contributed by atoms with van der Waals surface area (Å²) in [5.74, 6) is 1.60. The molecule has 0 radical (unpaired) electrons. The molecule has 1 aliphatic heterocycles. The quantitative estimate of drug-likeness (QED) is 0.689. The second-order valence-corrected chi connectivity index (χ2v) is 7.91. The molecule has 3 amide bonds. The maximum absolute atomic E-state index is 12.9. The van der Waals surface area contributed by atoms with Gasteiger partial charge < -0.3 is 29.7 Å². The van der Waals surface area contributed by atoms with Crippen LogP contribution < -0.4 is 24.8 Å². The summed E-state index contributed by atoms with van der Waals surface area (Å²) in [7, 11) is 4.74. The number of benzene rings is 2. The zero-order valence-corrected chi connectivity index (χ0v) is 19.2. The van der Waals surface area contributed by atoms with Gasteiger partial charge in [-0.15, -0.1) is 0 Å². The van der Waals surface area contributed by atoms with Crippen LogP contribution in [0.2, 0.25) is 0 Å². The smallest absolute Gasteiger partial charge is 0.318 e.